The molecule has 0 atom stereocenters. The first-order valence-corrected chi connectivity index (χ1v) is 8.86. The number of methoxy groups -OCH3 is 2. The van der Waals surface area contributed by atoms with Crippen molar-refractivity contribution in [1.82, 2.24) is 15.2 Å². The molecule has 9 heteroatoms. The molecule has 1 aromatic heterocycles. The fourth-order valence-electron chi connectivity index (χ4n) is 2.57. The van der Waals surface area contributed by atoms with Gasteiger partial charge < -0.3 is 24.8 Å². The van der Waals surface area contributed by atoms with Crippen LogP contribution in [0.5, 0.6) is 11.5 Å². The lowest BCUT2D eigenvalue weighted by atomic mass is 10.2. The molecule has 3 aromatic rings. The van der Waals surface area contributed by atoms with Gasteiger partial charge in [-0.2, -0.15) is 10.1 Å². The summed E-state index contributed by atoms with van der Waals surface area (Å²) in [5.74, 6) is 1.50. The van der Waals surface area contributed by atoms with Crippen LogP contribution >= 0.6 is 0 Å². The normalized spacial score (nSPS) is 10.2. The van der Waals surface area contributed by atoms with Gasteiger partial charge in [0.15, 0.2) is 5.82 Å². The zero-order chi connectivity index (χ0) is 20.6. The Hall–Kier alpha value is -3.88. The highest BCUT2D eigenvalue weighted by molar-refractivity contribution is 5.96. The number of hydrogen-bond acceptors (Lipinski definition) is 9. The third-order valence-corrected chi connectivity index (χ3v) is 3.90. The number of carbonyl (C=O) groups is 1. The molecule has 0 saturated heterocycles. The van der Waals surface area contributed by atoms with Gasteiger partial charge in [-0.25, -0.2) is 4.79 Å². The average Bonchev–Trinajstić information content (AvgIpc) is 2.74. The minimum absolute atomic E-state index is 0.216. The first-order chi connectivity index (χ1) is 14.1. The second kappa shape index (κ2) is 9.36. The fourth-order valence-corrected chi connectivity index (χ4v) is 2.57. The third-order valence-electron chi connectivity index (χ3n) is 3.90. The molecule has 0 aliphatic heterocycles. The van der Waals surface area contributed by atoms with Crippen LogP contribution in [0.4, 0.5) is 23.1 Å². The SMILES string of the molecule is CCOC(=O)c1ccccc1Nc1nncc(Nc2cc(OC)ccc2OC)n1. The number of para-hydroxylation sites is 1. The van der Waals surface area contributed by atoms with Crippen LogP contribution in [0.15, 0.2) is 48.7 Å². The van der Waals surface area contributed by atoms with Gasteiger partial charge in [-0.3, -0.25) is 0 Å². The van der Waals surface area contributed by atoms with Crippen LogP contribution in [0.3, 0.4) is 0 Å². The number of benzene rings is 2. The van der Waals surface area contributed by atoms with Crippen molar-refractivity contribution in [2.45, 2.75) is 6.92 Å². The van der Waals surface area contributed by atoms with Crippen LogP contribution in [-0.4, -0.2) is 42.0 Å². The van der Waals surface area contributed by atoms with Gasteiger partial charge >= 0.3 is 5.97 Å². The van der Waals surface area contributed by atoms with Crippen molar-refractivity contribution < 1.29 is 19.0 Å². The van der Waals surface area contributed by atoms with Crippen molar-refractivity contribution in [2.75, 3.05) is 31.5 Å². The minimum atomic E-state index is -0.432. The molecule has 0 aliphatic carbocycles. The molecule has 29 heavy (non-hydrogen) atoms. The van der Waals surface area contributed by atoms with Gasteiger partial charge in [0.05, 0.1) is 44.0 Å². The Balaban J connectivity index is 1.84. The quantitative estimate of drug-likeness (QED) is 0.554. The minimum Gasteiger partial charge on any atom is -0.497 e. The second-order valence-corrected chi connectivity index (χ2v) is 5.75. The van der Waals surface area contributed by atoms with Crippen LogP contribution in [0, 0.1) is 0 Å². The van der Waals surface area contributed by atoms with E-state index in [0.29, 0.717) is 34.3 Å². The first kappa shape index (κ1) is 19.9. The summed E-state index contributed by atoms with van der Waals surface area (Å²) in [5.41, 5.74) is 1.56. The molecule has 0 radical (unpaired) electrons. The molecule has 1 heterocycles. The largest absolute Gasteiger partial charge is 0.497 e. The third kappa shape index (κ3) is 4.89. The Morgan fingerprint density at radius 1 is 1.03 bits per heavy atom. The Kier molecular flexibility index (Phi) is 6.41. The number of nitrogens with one attached hydrogen (secondary N) is 2. The molecule has 0 saturated carbocycles. The number of carbonyl (C=O) groups excluding carboxylic acids is 1. The Morgan fingerprint density at radius 2 is 1.86 bits per heavy atom. The molecule has 0 fully saturated rings. The van der Waals surface area contributed by atoms with Gasteiger partial charge in [-0.1, -0.05) is 12.1 Å². The monoisotopic (exact) mass is 395 g/mol. The summed E-state index contributed by atoms with van der Waals surface area (Å²) in [6, 6.07) is 12.3. The van der Waals surface area contributed by atoms with E-state index in [4.69, 9.17) is 14.2 Å². The number of ether oxygens (including phenoxy) is 3. The zero-order valence-corrected chi connectivity index (χ0v) is 16.3. The van der Waals surface area contributed by atoms with E-state index in [1.165, 1.54) is 6.20 Å². The van der Waals surface area contributed by atoms with Gasteiger partial charge in [0, 0.05) is 6.07 Å². The van der Waals surface area contributed by atoms with E-state index in [-0.39, 0.29) is 12.6 Å². The number of nitrogens with zero attached hydrogens (tertiary/aromatic N) is 3. The molecule has 2 aromatic carbocycles. The summed E-state index contributed by atoms with van der Waals surface area (Å²) in [6.45, 7) is 2.04. The summed E-state index contributed by atoms with van der Waals surface area (Å²) < 4.78 is 15.7. The Labute approximate surface area is 168 Å². The van der Waals surface area contributed by atoms with Crippen LogP contribution in [0.2, 0.25) is 0 Å². The summed E-state index contributed by atoms with van der Waals surface area (Å²) in [7, 11) is 3.16. The van der Waals surface area contributed by atoms with E-state index in [2.05, 4.69) is 25.8 Å². The number of esters is 1. The molecular formula is C20H21N5O4. The Bertz CT molecular complexity index is 996. The fraction of sp³-hybridized carbons (Fsp3) is 0.200. The molecule has 9 nitrogen and oxygen atoms in total. The highest BCUT2D eigenvalue weighted by Crippen LogP contribution is 2.31. The van der Waals surface area contributed by atoms with Gasteiger partial charge in [0.25, 0.3) is 0 Å². The average molecular weight is 395 g/mol. The number of aromatic nitrogens is 3. The van der Waals surface area contributed by atoms with Crippen molar-refractivity contribution in [3.8, 4) is 11.5 Å². The van der Waals surface area contributed by atoms with Crippen molar-refractivity contribution in [3.63, 3.8) is 0 Å². The van der Waals surface area contributed by atoms with E-state index in [1.54, 1.807) is 63.6 Å². The van der Waals surface area contributed by atoms with Crippen LogP contribution in [0.1, 0.15) is 17.3 Å². The van der Waals surface area contributed by atoms with Crippen molar-refractivity contribution in [3.05, 3.63) is 54.2 Å². The lowest BCUT2D eigenvalue weighted by molar-refractivity contribution is 0.0527. The lowest BCUT2D eigenvalue weighted by Crippen LogP contribution is -2.09. The molecule has 0 amide bonds. The van der Waals surface area contributed by atoms with Crippen molar-refractivity contribution in [1.29, 1.82) is 0 Å². The second-order valence-electron chi connectivity index (χ2n) is 5.75. The maximum atomic E-state index is 12.1. The number of hydrogen-bond donors (Lipinski definition) is 2. The summed E-state index contributed by atoms with van der Waals surface area (Å²) in [6.07, 6.45) is 1.47. The smallest absolute Gasteiger partial charge is 0.340 e. The standard InChI is InChI=1S/C20H21N5O4/c1-4-29-19(26)14-7-5-6-8-15(14)23-20-24-18(12-21-25-20)22-16-11-13(27-2)9-10-17(16)28-3/h5-12H,4H2,1-3H3,(H2,22,23,24,25). The van der Waals surface area contributed by atoms with Gasteiger partial charge in [-0.15, -0.1) is 5.10 Å². The van der Waals surface area contributed by atoms with Gasteiger partial charge in [-0.05, 0) is 31.2 Å². The van der Waals surface area contributed by atoms with E-state index >= 15 is 0 Å². The summed E-state index contributed by atoms with van der Waals surface area (Å²) in [5, 5.41) is 14.1. The predicted octanol–water partition coefficient (Wildman–Crippen LogP) is 3.55. The summed E-state index contributed by atoms with van der Waals surface area (Å²) >= 11 is 0. The Morgan fingerprint density at radius 3 is 2.62 bits per heavy atom. The van der Waals surface area contributed by atoms with Gasteiger partial charge in [0.1, 0.15) is 11.5 Å². The van der Waals surface area contributed by atoms with E-state index < -0.39 is 5.97 Å². The number of anilines is 4. The highest BCUT2D eigenvalue weighted by Gasteiger charge is 2.13. The van der Waals surface area contributed by atoms with Gasteiger partial charge in [0.2, 0.25) is 5.95 Å². The highest BCUT2D eigenvalue weighted by atomic mass is 16.5. The topological polar surface area (TPSA) is 107 Å². The van der Waals surface area contributed by atoms with E-state index in [0.717, 1.165) is 0 Å². The number of rotatable bonds is 8. The molecule has 0 spiro atoms. The molecule has 0 aliphatic rings. The molecular weight excluding hydrogens is 374 g/mol. The lowest BCUT2D eigenvalue weighted by Gasteiger charge is -2.13. The van der Waals surface area contributed by atoms with Crippen LogP contribution in [-0.2, 0) is 4.74 Å². The van der Waals surface area contributed by atoms with E-state index in [1.807, 2.05) is 0 Å². The van der Waals surface area contributed by atoms with Crippen LogP contribution < -0.4 is 20.1 Å². The zero-order valence-electron chi connectivity index (χ0n) is 16.3. The molecule has 2 N–H and O–H groups in total. The summed E-state index contributed by atoms with van der Waals surface area (Å²) in [4.78, 5) is 16.5. The molecule has 3 rings (SSSR count). The van der Waals surface area contributed by atoms with Crippen molar-refractivity contribution in [2.24, 2.45) is 0 Å². The molecule has 0 bridgehead atoms. The van der Waals surface area contributed by atoms with Crippen molar-refractivity contribution >= 4 is 29.1 Å². The molecule has 0 unspecified atom stereocenters. The predicted molar refractivity (Wildman–Crippen MR) is 108 cm³/mol. The van der Waals surface area contributed by atoms with Crippen LogP contribution in [0.25, 0.3) is 0 Å². The maximum Gasteiger partial charge on any atom is 0.340 e. The maximum absolute atomic E-state index is 12.1. The molecule has 150 valence electrons. The van der Waals surface area contributed by atoms with E-state index in [9.17, 15) is 4.79 Å². The first-order valence-electron chi connectivity index (χ1n) is 8.86.